The van der Waals surface area contributed by atoms with Crippen LogP contribution in [0.3, 0.4) is 0 Å². The van der Waals surface area contributed by atoms with Crippen molar-refractivity contribution in [1.29, 1.82) is 0 Å². The average molecular weight is 362 g/mol. The topological polar surface area (TPSA) is 128 Å². The maximum absolute atomic E-state index is 12.0. The number of hydrogen-bond acceptors (Lipinski definition) is 7. The Hall–Kier alpha value is -3.04. The molecule has 2 aromatic heterocycles. The van der Waals surface area contributed by atoms with E-state index in [4.69, 9.17) is 4.74 Å². The van der Waals surface area contributed by atoms with E-state index in [1.807, 2.05) is 13.8 Å². The first-order chi connectivity index (χ1) is 12.3. The zero-order valence-electron chi connectivity index (χ0n) is 15.2. The molecule has 0 aliphatic heterocycles. The Morgan fingerprint density at radius 2 is 1.96 bits per heavy atom. The van der Waals surface area contributed by atoms with Crippen LogP contribution in [0.25, 0.3) is 5.78 Å². The summed E-state index contributed by atoms with van der Waals surface area (Å²) in [6.07, 6.45) is 0.795. The molecular weight excluding hydrogens is 340 g/mol. The number of esters is 1. The average Bonchev–Trinajstić information content (AvgIpc) is 2.96. The van der Waals surface area contributed by atoms with Gasteiger partial charge in [-0.25, -0.2) is 19.1 Å². The zero-order valence-corrected chi connectivity index (χ0v) is 15.2. The van der Waals surface area contributed by atoms with Gasteiger partial charge in [0.2, 0.25) is 0 Å². The Bertz CT molecular complexity index is 829. The lowest BCUT2D eigenvalue weighted by molar-refractivity contribution is -0.123. The fraction of sp³-hybridized carbons (Fsp3) is 0.500. The van der Waals surface area contributed by atoms with Gasteiger partial charge in [0.25, 0.3) is 17.5 Å². The minimum atomic E-state index is -0.872. The first kappa shape index (κ1) is 19.3. The number of ether oxygens (including phenoxy) is 1. The van der Waals surface area contributed by atoms with Gasteiger partial charge in [-0.3, -0.25) is 10.1 Å². The molecule has 26 heavy (non-hydrogen) atoms. The number of rotatable bonds is 6. The fourth-order valence-electron chi connectivity index (χ4n) is 2.13. The first-order valence-corrected chi connectivity index (χ1v) is 8.22. The van der Waals surface area contributed by atoms with Gasteiger partial charge in [0.1, 0.15) is 0 Å². The summed E-state index contributed by atoms with van der Waals surface area (Å²) in [7, 11) is 0. The Morgan fingerprint density at radius 3 is 2.65 bits per heavy atom. The van der Waals surface area contributed by atoms with Gasteiger partial charge >= 0.3 is 12.0 Å². The number of carbonyl (C=O) groups is 3. The summed E-state index contributed by atoms with van der Waals surface area (Å²) in [6.45, 7) is 7.49. The lowest BCUT2D eigenvalue weighted by Crippen LogP contribution is -2.42. The van der Waals surface area contributed by atoms with Crippen molar-refractivity contribution < 1.29 is 19.1 Å². The fourth-order valence-corrected chi connectivity index (χ4v) is 2.13. The quantitative estimate of drug-likeness (QED) is 0.726. The Kier molecular flexibility index (Phi) is 6.21. The van der Waals surface area contributed by atoms with Gasteiger partial charge in [0, 0.05) is 17.9 Å². The molecule has 0 aromatic carbocycles. The Balaban J connectivity index is 1.85. The number of imide groups is 1. The Labute approximate surface area is 150 Å². The molecule has 2 heterocycles. The molecule has 0 atom stereocenters. The van der Waals surface area contributed by atoms with E-state index in [-0.39, 0.29) is 11.6 Å². The van der Waals surface area contributed by atoms with Gasteiger partial charge < -0.3 is 10.1 Å². The van der Waals surface area contributed by atoms with Crippen LogP contribution in [0, 0.1) is 19.8 Å². The van der Waals surface area contributed by atoms with Crippen LogP contribution >= 0.6 is 0 Å². The van der Waals surface area contributed by atoms with E-state index in [1.54, 1.807) is 19.9 Å². The zero-order chi connectivity index (χ0) is 19.3. The van der Waals surface area contributed by atoms with Crippen molar-refractivity contribution >= 4 is 23.7 Å². The molecule has 0 saturated heterocycles. The van der Waals surface area contributed by atoms with Crippen molar-refractivity contribution in [3.8, 4) is 0 Å². The highest BCUT2D eigenvalue weighted by atomic mass is 16.5. The van der Waals surface area contributed by atoms with E-state index in [0.717, 1.165) is 17.8 Å². The van der Waals surface area contributed by atoms with E-state index < -0.39 is 24.5 Å². The molecule has 0 aliphatic carbocycles. The van der Waals surface area contributed by atoms with Crippen molar-refractivity contribution in [2.24, 2.45) is 5.92 Å². The number of amides is 3. The van der Waals surface area contributed by atoms with Crippen LogP contribution < -0.4 is 10.6 Å². The van der Waals surface area contributed by atoms with Gasteiger partial charge in [-0.15, -0.1) is 5.10 Å². The molecule has 2 aromatic rings. The normalized spacial score (nSPS) is 10.8. The van der Waals surface area contributed by atoms with Crippen LogP contribution in [0.5, 0.6) is 0 Å². The van der Waals surface area contributed by atoms with E-state index in [2.05, 4.69) is 25.7 Å². The third-order valence-corrected chi connectivity index (χ3v) is 3.40. The predicted octanol–water partition coefficient (Wildman–Crippen LogP) is 0.770. The molecule has 140 valence electrons. The number of fused-ring (bicyclic) bond motifs is 1. The Morgan fingerprint density at radius 1 is 1.23 bits per heavy atom. The summed E-state index contributed by atoms with van der Waals surface area (Å²) >= 11 is 0. The maximum Gasteiger partial charge on any atom is 0.378 e. The van der Waals surface area contributed by atoms with Crippen molar-refractivity contribution in [3.63, 3.8) is 0 Å². The van der Waals surface area contributed by atoms with Gasteiger partial charge in [-0.05, 0) is 32.3 Å². The van der Waals surface area contributed by atoms with Gasteiger partial charge in [-0.2, -0.15) is 4.98 Å². The summed E-state index contributed by atoms with van der Waals surface area (Å²) < 4.78 is 6.24. The van der Waals surface area contributed by atoms with E-state index in [9.17, 15) is 14.4 Å². The van der Waals surface area contributed by atoms with Crippen LogP contribution in [-0.4, -0.2) is 50.6 Å². The summed E-state index contributed by atoms with van der Waals surface area (Å²) in [6, 6.07) is 1.16. The highest BCUT2D eigenvalue weighted by molar-refractivity contribution is 5.96. The monoisotopic (exact) mass is 362 g/mol. The van der Waals surface area contributed by atoms with Crippen molar-refractivity contribution in [2.45, 2.75) is 34.1 Å². The number of urea groups is 1. The summed E-state index contributed by atoms with van der Waals surface area (Å²) in [5, 5.41) is 8.63. The molecule has 0 fully saturated rings. The van der Waals surface area contributed by atoms with E-state index in [1.165, 1.54) is 4.52 Å². The SMILES string of the molecule is Cc1cc(C)n2nc(C(=O)OCC(=O)NC(=O)NCCC(C)C)nc2n1. The molecule has 0 bridgehead atoms. The van der Waals surface area contributed by atoms with Crippen LogP contribution in [0.15, 0.2) is 6.07 Å². The largest absolute Gasteiger partial charge is 0.450 e. The van der Waals surface area contributed by atoms with Gasteiger partial charge in [-0.1, -0.05) is 13.8 Å². The molecule has 2 N–H and O–H groups in total. The van der Waals surface area contributed by atoms with Gasteiger partial charge in [0.15, 0.2) is 6.61 Å². The summed E-state index contributed by atoms with van der Waals surface area (Å²) in [4.78, 5) is 43.3. The molecule has 0 saturated carbocycles. The number of carbonyl (C=O) groups excluding carboxylic acids is 3. The predicted molar refractivity (Wildman–Crippen MR) is 91.5 cm³/mol. The number of aromatic nitrogens is 4. The molecule has 0 unspecified atom stereocenters. The minimum absolute atomic E-state index is 0.208. The number of hydrogen-bond donors (Lipinski definition) is 2. The molecule has 10 nitrogen and oxygen atoms in total. The summed E-state index contributed by atoms with van der Waals surface area (Å²) in [5.74, 6) is -1.12. The van der Waals surface area contributed by atoms with Crippen LogP contribution in [0.1, 0.15) is 42.3 Å². The van der Waals surface area contributed by atoms with Crippen LogP contribution in [0.2, 0.25) is 0 Å². The highest BCUT2D eigenvalue weighted by Gasteiger charge is 2.18. The molecule has 0 spiro atoms. The number of aryl methyl sites for hydroxylation is 2. The van der Waals surface area contributed by atoms with E-state index in [0.29, 0.717) is 12.5 Å². The third kappa shape index (κ3) is 5.23. The number of nitrogens with zero attached hydrogens (tertiary/aromatic N) is 4. The third-order valence-electron chi connectivity index (χ3n) is 3.40. The molecule has 0 aliphatic rings. The standard InChI is InChI=1S/C16H22N6O4/c1-9(2)5-6-17-16(25)19-12(23)8-26-14(24)13-20-15-18-10(3)7-11(4)22(15)21-13/h7,9H,5-6,8H2,1-4H3,(H2,17,19,23,25). The van der Waals surface area contributed by atoms with Crippen LogP contribution in [0.4, 0.5) is 4.79 Å². The minimum Gasteiger partial charge on any atom is -0.450 e. The molecule has 10 heteroatoms. The van der Waals surface area contributed by atoms with E-state index >= 15 is 0 Å². The molecule has 3 amide bonds. The maximum atomic E-state index is 12.0. The number of nitrogens with one attached hydrogen (secondary N) is 2. The van der Waals surface area contributed by atoms with Gasteiger partial charge in [0.05, 0.1) is 0 Å². The second-order valence-electron chi connectivity index (χ2n) is 6.25. The van der Waals surface area contributed by atoms with Crippen molar-refractivity contribution in [2.75, 3.05) is 13.2 Å². The van der Waals surface area contributed by atoms with Crippen molar-refractivity contribution in [1.82, 2.24) is 30.2 Å². The lowest BCUT2D eigenvalue weighted by Gasteiger charge is -2.08. The summed E-state index contributed by atoms with van der Waals surface area (Å²) in [5.41, 5.74) is 1.50. The van der Waals surface area contributed by atoms with Crippen molar-refractivity contribution in [3.05, 3.63) is 23.3 Å². The molecular formula is C16H22N6O4. The lowest BCUT2D eigenvalue weighted by atomic mass is 10.1. The second kappa shape index (κ2) is 8.37. The second-order valence-corrected chi connectivity index (χ2v) is 6.25. The first-order valence-electron chi connectivity index (χ1n) is 8.22. The molecule has 2 rings (SSSR count). The smallest absolute Gasteiger partial charge is 0.378 e. The highest BCUT2D eigenvalue weighted by Crippen LogP contribution is 2.06. The molecule has 0 radical (unpaired) electrons. The van der Waals surface area contributed by atoms with Crippen LogP contribution in [-0.2, 0) is 9.53 Å².